The summed E-state index contributed by atoms with van der Waals surface area (Å²) in [4.78, 5) is 16.5. The lowest BCUT2D eigenvalue weighted by Crippen LogP contribution is -2.28. The predicted molar refractivity (Wildman–Crippen MR) is 96.8 cm³/mol. The minimum atomic E-state index is -4.54. The number of hydrogen-bond acceptors (Lipinski definition) is 4. The van der Waals surface area contributed by atoms with Crippen LogP contribution >= 0.6 is 11.6 Å². The molecule has 0 bridgehead atoms. The first-order valence-electron chi connectivity index (χ1n) is 8.50. The van der Waals surface area contributed by atoms with Crippen molar-refractivity contribution in [1.29, 1.82) is 0 Å². The molecule has 7 nitrogen and oxygen atoms in total. The van der Waals surface area contributed by atoms with Gasteiger partial charge in [0.15, 0.2) is 5.65 Å². The number of pyridine rings is 1. The fourth-order valence-corrected chi connectivity index (χ4v) is 3.23. The van der Waals surface area contributed by atoms with Gasteiger partial charge in [-0.25, -0.2) is 9.67 Å². The van der Waals surface area contributed by atoms with Gasteiger partial charge in [-0.2, -0.15) is 23.4 Å². The molecule has 1 amide bonds. The number of aromatic nitrogens is 5. The molecule has 28 heavy (non-hydrogen) atoms. The zero-order valence-electron chi connectivity index (χ0n) is 15.4. The Hall–Kier alpha value is -2.62. The van der Waals surface area contributed by atoms with Crippen molar-refractivity contribution < 1.29 is 18.0 Å². The molecule has 3 aromatic rings. The van der Waals surface area contributed by atoms with Gasteiger partial charge in [-0.15, -0.1) is 0 Å². The number of nitrogens with zero attached hydrogens (tertiary/aromatic N) is 5. The number of halogens is 4. The van der Waals surface area contributed by atoms with Crippen molar-refractivity contribution in [2.24, 2.45) is 0 Å². The molecule has 0 unspecified atom stereocenters. The zero-order valence-corrected chi connectivity index (χ0v) is 16.2. The van der Waals surface area contributed by atoms with Gasteiger partial charge in [0.1, 0.15) is 6.54 Å². The van der Waals surface area contributed by atoms with E-state index in [1.165, 1.54) is 24.7 Å². The maximum atomic E-state index is 13.4. The molecule has 0 atom stereocenters. The van der Waals surface area contributed by atoms with Crippen LogP contribution in [0.4, 0.5) is 13.2 Å². The van der Waals surface area contributed by atoms with Crippen LogP contribution in [0.3, 0.4) is 0 Å². The van der Waals surface area contributed by atoms with Crippen molar-refractivity contribution in [2.75, 3.05) is 0 Å². The van der Waals surface area contributed by atoms with Gasteiger partial charge in [0, 0.05) is 12.2 Å². The molecule has 0 saturated carbocycles. The van der Waals surface area contributed by atoms with Crippen LogP contribution in [-0.4, -0.2) is 30.5 Å². The van der Waals surface area contributed by atoms with Crippen molar-refractivity contribution >= 4 is 28.5 Å². The number of rotatable bonds is 5. The molecule has 0 spiro atoms. The standard InChI is InChI=1S/C17H18ClF3N6O/c1-4-26-13(12(18)6-23-26)7-22-14(28)8-27-16-15(10(3)25-27)11(17(19,20)21)5-9(2)24-16/h5-6H,4,7-8H2,1-3H3,(H,22,28). The summed E-state index contributed by atoms with van der Waals surface area (Å²) in [6.07, 6.45) is -3.05. The average molecular weight is 415 g/mol. The number of hydrogen-bond donors (Lipinski definition) is 1. The van der Waals surface area contributed by atoms with Crippen LogP contribution in [-0.2, 0) is 30.6 Å². The van der Waals surface area contributed by atoms with Crippen LogP contribution in [0.5, 0.6) is 0 Å². The molecule has 1 N–H and O–H groups in total. The summed E-state index contributed by atoms with van der Waals surface area (Å²) in [6, 6.07) is 0.981. The third-order valence-electron chi connectivity index (χ3n) is 4.25. The van der Waals surface area contributed by atoms with E-state index in [1.807, 2.05) is 6.92 Å². The molecule has 0 aromatic carbocycles. The molecule has 11 heteroatoms. The van der Waals surface area contributed by atoms with Gasteiger partial charge in [-0.1, -0.05) is 11.6 Å². The molecule has 0 aliphatic heterocycles. The predicted octanol–water partition coefficient (Wildman–Crippen LogP) is 3.25. The summed E-state index contributed by atoms with van der Waals surface area (Å²) < 4.78 is 42.9. The van der Waals surface area contributed by atoms with Crippen molar-refractivity contribution in [3.63, 3.8) is 0 Å². The molecule has 0 radical (unpaired) electrons. The second kappa shape index (κ2) is 7.42. The van der Waals surface area contributed by atoms with Crippen LogP contribution in [0, 0.1) is 13.8 Å². The van der Waals surface area contributed by atoms with Crippen LogP contribution in [0.15, 0.2) is 12.3 Å². The molecule has 3 heterocycles. The smallest absolute Gasteiger partial charge is 0.349 e. The Bertz CT molecular complexity index is 1040. The highest BCUT2D eigenvalue weighted by atomic mass is 35.5. The highest BCUT2D eigenvalue weighted by Crippen LogP contribution is 2.36. The lowest BCUT2D eigenvalue weighted by atomic mass is 10.1. The van der Waals surface area contributed by atoms with Crippen molar-refractivity contribution in [3.8, 4) is 0 Å². The third kappa shape index (κ3) is 3.82. The third-order valence-corrected chi connectivity index (χ3v) is 4.57. The number of carbonyl (C=O) groups excluding carboxylic acids is 1. The number of fused-ring (bicyclic) bond motifs is 1. The number of amides is 1. The zero-order chi connectivity index (χ0) is 20.6. The second-order valence-corrected chi connectivity index (χ2v) is 6.69. The molecule has 3 rings (SSSR count). The SMILES string of the molecule is CCn1ncc(Cl)c1CNC(=O)Cn1nc(C)c2c(C(F)(F)F)cc(C)nc21. The Labute approximate surface area is 163 Å². The van der Waals surface area contributed by atoms with Gasteiger partial charge in [0.05, 0.1) is 40.1 Å². The van der Waals surface area contributed by atoms with Gasteiger partial charge in [-0.3, -0.25) is 9.48 Å². The van der Waals surface area contributed by atoms with E-state index in [-0.39, 0.29) is 35.5 Å². The van der Waals surface area contributed by atoms with E-state index in [0.717, 1.165) is 6.07 Å². The Morgan fingerprint density at radius 2 is 2.00 bits per heavy atom. The van der Waals surface area contributed by atoms with Crippen molar-refractivity contribution in [3.05, 3.63) is 39.9 Å². The Morgan fingerprint density at radius 1 is 1.29 bits per heavy atom. The summed E-state index contributed by atoms with van der Waals surface area (Å²) in [5, 5.41) is 11.2. The van der Waals surface area contributed by atoms with E-state index < -0.39 is 17.6 Å². The maximum Gasteiger partial charge on any atom is 0.417 e. The summed E-state index contributed by atoms with van der Waals surface area (Å²) in [6.45, 7) is 5.28. The van der Waals surface area contributed by atoms with E-state index in [2.05, 4.69) is 20.5 Å². The molecule has 0 saturated heterocycles. The summed E-state index contributed by atoms with van der Waals surface area (Å²) in [7, 11) is 0. The molecular weight excluding hydrogens is 397 g/mol. The highest BCUT2D eigenvalue weighted by Gasteiger charge is 2.35. The number of alkyl halides is 3. The summed E-state index contributed by atoms with van der Waals surface area (Å²) in [5.74, 6) is -0.429. The first kappa shape index (κ1) is 20.1. The molecule has 0 aliphatic rings. The minimum Gasteiger partial charge on any atom is -0.349 e. The lowest BCUT2D eigenvalue weighted by molar-refractivity contribution is -0.136. The van der Waals surface area contributed by atoms with E-state index >= 15 is 0 Å². The summed E-state index contributed by atoms with van der Waals surface area (Å²) >= 11 is 6.06. The number of nitrogens with one attached hydrogen (secondary N) is 1. The molecule has 0 aliphatic carbocycles. The van der Waals surface area contributed by atoms with Crippen LogP contribution in [0.25, 0.3) is 11.0 Å². The Balaban J connectivity index is 1.85. The van der Waals surface area contributed by atoms with E-state index in [1.54, 1.807) is 4.68 Å². The topological polar surface area (TPSA) is 77.6 Å². The van der Waals surface area contributed by atoms with Crippen LogP contribution in [0.1, 0.15) is 29.6 Å². The molecule has 3 aromatic heterocycles. The fourth-order valence-electron chi connectivity index (χ4n) is 3.02. The van der Waals surface area contributed by atoms with Crippen LogP contribution < -0.4 is 5.32 Å². The minimum absolute atomic E-state index is 0.0246. The lowest BCUT2D eigenvalue weighted by Gasteiger charge is -2.10. The molecule has 0 fully saturated rings. The van der Waals surface area contributed by atoms with Crippen LogP contribution in [0.2, 0.25) is 5.02 Å². The normalized spacial score (nSPS) is 12.0. The number of aryl methyl sites for hydroxylation is 3. The van der Waals surface area contributed by atoms with E-state index in [4.69, 9.17) is 11.6 Å². The Morgan fingerprint density at radius 3 is 2.64 bits per heavy atom. The number of carbonyl (C=O) groups is 1. The molecule has 150 valence electrons. The largest absolute Gasteiger partial charge is 0.417 e. The maximum absolute atomic E-state index is 13.4. The van der Waals surface area contributed by atoms with Gasteiger partial charge in [0.25, 0.3) is 0 Å². The average Bonchev–Trinajstić information content (AvgIpc) is 3.11. The first-order valence-corrected chi connectivity index (χ1v) is 8.88. The van der Waals surface area contributed by atoms with Gasteiger partial charge in [-0.05, 0) is 26.8 Å². The first-order chi connectivity index (χ1) is 13.1. The van der Waals surface area contributed by atoms with Gasteiger partial charge < -0.3 is 5.32 Å². The summed E-state index contributed by atoms with van der Waals surface area (Å²) in [5.41, 5.74) is 0.219. The van der Waals surface area contributed by atoms with E-state index in [0.29, 0.717) is 17.3 Å². The monoisotopic (exact) mass is 414 g/mol. The van der Waals surface area contributed by atoms with Crippen molar-refractivity contribution in [1.82, 2.24) is 29.9 Å². The van der Waals surface area contributed by atoms with Gasteiger partial charge in [0.2, 0.25) is 5.91 Å². The highest BCUT2D eigenvalue weighted by molar-refractivity contribution is 6.31. The Kier molecular flexibility index (Phi) is 5.33. The van der Waals surface area contributed by atoms with E-state index in [9.17, 15) is 18.0 Å². The second-order valence-electron chi connectivity index (χ2n) is 6.28. The fraction of sp³-hybridized carbons (Fsp3) is 0.412. The van der Waals surface area contributed by atoms with Gasteiger partial charge >= 0.3 is 6.18 Å². The van der Waals surface area contributed by atoms with Crippen molar-refractivity contribution in [2.45, 2.75) is 46.6 Å². The molecular formula is C17H18ClF3N6O. The quantitative estimate of drug-likeness (QED) is 0.695.